The molecule has 178 valence electrons. The van der Waals surface area contributed by atoms with E-state index in [1.807, 2.05) is 27.7 Å². The van der Waals surface area contributed by atoms with Gasteiger partial charge in [0.05, 0.1) is 11.1 Å². The molecule has 1 N–H and O–H groups in total. The van der Waals surface area contributed by atoms with E-state index >= 15 is 0 Å². The second-order valence-corrected chi connectivity index (χ2v) is 8.99. The summed E-state index contributed by atoms with van der Waals surface area (Å²) in [5.74, 6) is 1.80. The Hall–Kier alpha value is -4.07. The van der Waals surface area contributed by atoms with E-state index in [4.69, 9.17) is 4.74 Å². The van der Waals surface area contributed by atoms with E-state index < -0.39 is 5.41 Å². The number of carbonyl (C=O) groups is 1. The monoisotopic (exact) mass is 471 g/mol. The Morgan fingerprint density at radius 3 is 2.29 bits per heavy atom. The number of anilines is 1. The fraction of sp³-hybridized carbons (Fsp3) is 0.259. The maximum Gasteiger partial charge on any atom is 0.235 e. The number of amides is 1. The molecule has 2 heterocycles. The molecule has 0 atom stereocenters. The topological polar surface area (TPSA) is 81.9 Å². The van der Waals surface area contributed by atoms with Gasteiger partial charge in [0.15, 0.2) is 5.82 Å². The van der Waals surface area contributed by atoms with Gasteiger partial charge in [-0.2, -0.15) is 10.1 Å². The van der Waals surface area contributed by atoms with Crippen LogP contribution in [0.5, 0.6) is 11.6 Å². The standard InChI is InChI=1S/C27H26FN5O2/c1-16-17(2)32-33(18(16)3)24-15-25(30-19(4)29-24)35-23-11-9-22(10-12-23)31-26(34)27(13-14-27)20-5-7-21(28)8-6-20/h5-12,15H,13-14H2,1-4H3,(H,31,34). The van der Waals surface area contributed by atoms with Crippen LogP contribution >= 0.6 is 0 Å². The number of nitrogens with zero attached hydrogens (tertiary/aromatic N) is 4. The molecule has 1 fully saturated rings. The third kappa shape index (κ3) is 4.39. The Bertz CT molecular complexity index is 1410. The minimum absolute atomic E-state index is 0.0889. The van der Waals surface area contributed by atoms with Crippen molar-refractivity contribution in [2.24, 2.45) is 0 Å². The summed E-state index contributed by atoms with van der Waals surface area (Å²) in [6.45, 7) is 7.81. The minimum Gasteiger partial charge on any atom is -0.439 e. The molecular weight excluding hydrogens is 445 g/mol. The molecule has 35 heavy (non-hydrogen) atoms. The number of ether oxygens (including phenoxy) is 1. The van der Waals surface area contributed by atoms with Gasteiger partial charge >= 0.3 is 0 Å². The maximum atomic E-state index is 13.3. The highest BCUT2D eigenvalue weighted by Gasteiger charge is 2.51. The number of benzene rings is 2. The van der Waals surface area contributed by atoms with Crippen LogP contribution in [0.2, 0.25) is 0 Å². The second-order valence-electron chi connectivity index (χ2n) is 8.99. The molecule has 1 amide bonds. The van der Waals surface area contributed by atoms with Crippen molar-refractivity contribution in [2.45, 2.75) is 46.0 Å². The average Bonchev–Trinajstić information content (AvgIpc) is 3.60. The Kier molecular flexibility index (Phi) is 5.59. The molecule has 1 aliphatic rings. The van der Waals surface area contributed by atoms with Gasteiger partial charge in [0, 0.05) is 17.4 Å². The fourth-order valence-corrected chi connectivity index (χ4v) is 4.15. The molecule has 7 nitrogen and oxygen atoms in total. The summed E-state index contributed by atoms with van der Waals surface area (Å²) in [5, 5.41) is 7.55. The van der Waals surface area contributed by atoms with Gasteiger partial charge < -0.3 is 10.1 Å². The number of carbonyl (C=O) groups excluding carboxylic acids is 1. The quantitative estimate of drug-likeness (QED) is 0.402. The molecule has 0 aliphatic heterocycles. The number of nitrogens with one attached hydrogen (secondary N) is 1. The highest BCUT2D eigenvalue weighted by atomic mass is 19.1. The van der Waals surface area contributed by atoms with Gasteiger partial charge in [0.1, 0.15) is 17.4 Å². The van der Waals surface area contributed by atoms with Crippen molar-refractivity contribution in [1.29, 1.82) is 0 Å². The predicted octanol–water partition coefficient (Wildman–Crippen LogP) is 5.50. The Balaban J connectivity index is 1.30. The van der Waals surface area contributed by atoms with E-state index in [0.717, 1.165) is 35.4 Å². The third-order valence-electron chi connectivity index (χ3n) is 6.59. The maximum absolute atomic E-state index is 13.3. The van der Waals surface area contributed by atoms with Crippen molar-refractivity contribution in [3.05, 3.63) is 88.8 Å². The van der Waals surface area contributed by atoms with Crippen molar-refractivity contribution >= 4 is 11.6 Å². The van der Waals surface area contributed by atoms with Crippen molar-refractivity contribution in [3.63, 3.8) is 0 Å². The molecule has 0 radical (unpaired) electrons. The summed E-state index contributed by atoms with van der Waals surface area (Å²) in [7, 11) is 0. The molecule has 2 aromatic heterocycles. The number of halogens is 1. The van der Waals surface area contributed by atoms with Crippen LogP contribution in [-0.4, -0.2) is 25.7 Å². The zero-order valence-electron chi connectivity index (χ0n) is 20.1. The van der Waals surface area contributed by atoms with Crippen molar-refractivity contribution in [3.8, 4) is 17.4 Å². The Labute approximate surface area is 203 Å². The molecule has 0 spiro atoms. The average molecular weight is 472 g/mol. The largest absolute Gasteiger partial charge is 0.439 e. The van der Waals surface area contributed by atoms with E-state index in [1.165, 1.54) is 12.1 Å². The third-order valence-corrected chi connectivity index (χ3v) is 6.59. The van der Waals surface area contributed by atoms with E-state index in [-0.39, 0.29) is 11.7 Å². The van der Waals surface area contributed by atoms with Crippen LogP contribution in [0.1, 0.15) is 41.2 Å². The lowest BCUT2D eigenvalue weighted by atomic mass is 9.95. The molecule has 4 aromatic rings. The second kappa shape index (κ2) is 8.61. The molecule has 8 heteroatoms. The first-order chi connectivity index (χ1) is 16.7. The van der Waals surface area contributed by atoms with Crippen molar-refractivity contribution in [2.75, 3.05) is 5.32 Å². The summed E-state index contributed by atoms with van der Waals surface area (Å²) < 4.78 is 21.0. The molecule has 5 rings (SSSR count). The predicted molar refractivity (Wildman–Crippen MR) is 131 cm³/mol. The molecule has 0 unspecified atom stereocenters. The van der Waals surface area contributed by atoms with Gasteiger partial charge in [-0.15, -0.1) is 0 Å². The molecule has 0 saturated heterocycles. The van der Waals surface area contributed by atoms with E-state index in [9.17, 15) is 9.18 Å². The zero-order chi connectivity index (χ0) is 24.7. The van der Waals surface area contributed by atoms with Crippen molar-refractivity contribution < 1.29 is 13.9 Å². The first-order valence-electron chi connectivity index (χ1n) is 11.5. The molecule has 1 saturated carbocycles. The Morgan fingerprint density at radius 1 is 1.00 bits per heavy atom. The van der Waals surface area contributed by atoms with Gasteiger partial charge in [-0.3, -0.25) is 4.79 Å². The molecule has 1 aliphatic carbocycles. The normalized spacial score (nSPS) is 14.0. The lowest BCUT2D eigenvalue weighted by Crippen LogP contribution is -2.27. The number of hydrogen-bond acceptors (Lipinski definition) is 5. The lowest BCUT2D eigenvalue weighted by molar-refractivity contribution is -0.118. The van der Waals surface area contributed by atoms with E-state index in [0.29, 0.717) is 29.0 Å². The van der Waals surface area contributed by atoms with Crippen LogP contribution in [0.25, 0.3) is 5.82 Å². The smallest absolute Gasteiger partial charge is 0.235 e. The Morgan fingerprint density at radius 2 is 1.69 bits per heavy atom. The van der Waals surface area contributed by atoms with Gasteiger partial charge in [-0.25, -0.2) is 14.1 Å². The van der Waals surface area contributed by atoms with E-state index in [1.54, 1.807) is 47.1 Å². The summed E-state index contributed by atoms with van der Waals surface area (Å²) in [6.07, 6.45) is 1.49. The van der Waals surface area contributed by atoms with Gasteiger partial charge in [0.2, 0.25) is 11.8 Å². The highest BCUT2D eigenvalue weighted by molar-refractivity contribution is 6.01. The van der Waals surface area contributed by atoms with Gasteiger partial charge in [0.25, 0.3) is 0 Å². The SMILES string of the molecule is Cc1nc(Oc2ccc(NC(=O)C3(c4ccc(F)cc4)CC3)cc2)cc(-n2nc(C)c(C)c2C)n1. The molecule has 2 aromatic carbocycles. The fourth-order valence-electron chi connectivity index (χ4n) is 4.15. The summed E-state index contributed by atoms with van der Waals surface area (Å²) in [6, 6.07) is 15.0. The number of hydrogen-bond donors (Lipinski definition) is 1. The zero-order valence-corrected chi connectivity index (χ0v) is 20.1. The van der Waals surface area contributed by atoms with Crippen LogP contribution in [0.15, 0.2) is 54.6 Å². The number of rotatable bonds is 6. The minimum atomic E-state index is -0.584. The highest BCUT2D eigenvalue weighted by Crippen LogP contribution is 2.49. The summed E-state index contributed by atoms with van der Waals surface area (Å²) in [5.41, 5.74) is 4.00. The number of aromatic nitrogens is 4. The van der Waals surface area contributed by atoms with Crippen LogP contribution in [0.3, 0.4) is 0 Å². The van der Waals surface area contributed by atoms with Crippen LogP contribution in [-0.2, 0) is 10.2 Å². The van der Waals surface area contributed by atoms with Crippen LogP contribution in [0.4, 0.5) is 10.1 Å². The first kappa shape index (κ1) is 22.7. The summed E-state index contributed by atoms with van der Waals surface area (Å²) in [4.78, 5) is 21.9. The molecule has 0 bridgehead atoms. The molecular formula is C27H26FN5O2. The van der Waals surface area contributed by atoms with Gasteiger partial charge in [-0.1, -0.05) is 12.1 Å². The number of aryl methyl sites for hydroxylation is 2. The first-order valence-corrected chi connectivity index (χ1v) is 11.5. The van der Waals surface area contributed by atoms with Gasteiger partial charge in [-0.05, 0) is 88.1 Å². The van der Waals surface area contributed by atoms with Crippen LogP contribution < -0.4 is 10.1 Å². The van der Waals surface area contributed by atoms with Crippen molar-refractivity contribution in [1.82, 2.24) is 19.7 Å². The van der Waals surface area contributed by atoms with Crippen LogP contribution in [0, 0.1) is 33.5 Å². The summed E-state index contributed by atoms with van der Waals surface area (Å²) >= 11 is 0. The lowest BCUT2D eigenvalue weighted by Gasteiger charge is -2.16. The van der Waals surface area contributed by atoms with E-state index in [2.05, 4.69) is 20.4 Å².